The number of halogens is 1. The van der Waals surface area contributed by atoms with E-state index in [1.165, 1.54) is 10.5 Å². The number of amides is 1. The third kappa shape index (κ3) is 5.26. The minimum atomic E-state index is -0.0629. The summed E-state index contributed by atoms with van der Waals surface area (Å²) in [7, 11) is 1.94. The molecule has 1 N–H and O–H groups in total. The second-order valence-electron chi connectivity index (χ2n) is 6.01. The van der Waals surface area contributed by atoms with E-state index in [9.17, 15) is 4.79 Å². The number of hydrogen-bond donors (Lipinski definition) is 1. The zero-order chi connectivity index (χ0) is 17.7. The lowest BCUT2D eigenvalue weighted by molar-refractivity contribution is -0.117. The Bertz CT molecular complexity index is 693. The Morgan fingerprint density at radius 1 is 1.21 bits per heavy atom. The van der Waals surface area contributed by atoms with E-state index in [0.717, 1.165) is 17.7 Å². The number of nitrogens with zero attached hydrogens (tertiary/aromatic N) is 1. The van der Waals surface area contributed by atoms with Crippen molar-refractivity contribution in [1.82, 2.24) is 4.90 Å². The average Bonchev–Trinajstić information content (AvgIpc) is 2.51. The Kier molecular flexibility index (Phi) is 6.72. The third-order valence-corrected chi connectivity index (χ3v) is 4.76. The maximum absolute atomic E-state index is 12.3. The molecule has 0 radical (unpaired) electrons. The molecule has 0 aliphatic heterocycles. The van der Waals surface area contributed by atoms with Crippen LogP contribution in [0.5, 0.6) is 0 Å². The quantitative estimate of drug-likeness (QED) is 0.752. The van der Waals surface area contributed by atoms with Gasteiger partial charge in [0.25, 0.3) is 0 Å². The number of rotatable bonds is 6. The molecule has 0 atom stereocenters. The molecule has 0 aliphatic carbocycles. The van der Waals surface area contributed by atoms with Gasteiger partial charge < -0.3 is 5.32 Å². The Morgan fingerprint density at radius 3 is 2.46 bits per heavy atom. The lowest BCUT2D eigenvalue weighted by atomic mass is 10.1. The molecule has 0 fully saturated rings. The molecule has 0 saturated heterocycles. The van der Waals surface area contributed by atoms with Gasteiger partial charge in [0.15, 0.2) is 0 Å². The molecule has 3 nitrogen and oxygen atoms in total. The van der Waals surface area contributed by atoms with E-state index in [0.29, 0.717) is 17.3 Å². The molecule has 5 heteroatoms. The van der Waals surface area contributed by atoms with Crippen molar-refractivity contribution in [2.45, 2.75) is 25.3 Å². The van der Waals surface area contributed by atoms with Crippen molar-refractivity contribution >= 4 is 35.0 Å². The summed E-state index contributed by atoms with van der Waals surface area (Å²) in [6, 6.07) is 12.3. The summed E-state index contributed by atoms with van der Waals surface area (Å²) in [6.07, 6.45) is 2.06. The van der Waals surface area contributed by atoms with Gasteiger partial charge in [-0.25, -0.2) is 0 Å². The molecular weight excluding hydrogens is 340 g/mol. The highest BCUT2D eigenvalue weighted by atomic mass is 35.5. The largest absolute Gasteiger partial charge is 0.323 e. The molecule has 128 valence electrons. The molecule has 0 aliphatic rings. The molecule has 2 aromatic carbocycles. The number of anilines is 1. The van der Waals surface area contributed by atoms with Gasteiger partial charge in [-0.05, 0) is 62.0 Å². The van der Waals surface area contributed by atoms with Gasteiger partial charge in [0.1, 0.15) is 0 Å². The second kappa shape index (κ2) is 8.56. The summed E-state index contributed by atoms with van der Waals surface area (Å²) in [6.45, 7) is 4.97. The summed E-state index contributed by atoms with van der Waals surface area (Å²) in [5.74, 6) is -0.0629. The van der Waals surface area contributed by atoms with Crippen LogP contribution in [0, 0.1) is 13.8 Å². The van der Waals surface area contributed by atoms with Crippen molar-refractivity contribution in [3.8, 4) is 0 Å². The fourth-order valence-electron chi connectivity index (χ4n) is 2.60. The summed E-state index contributed by atoms with van der Waals surface area (Å²) in [5.41, 5.74) is 3.95. The minimum absolute atomic E-state index is 0.0629. The molecule has 2 aromatic rings. The van der Waals surface area contributed by atoms with E-state index < -0.39 is 0 Å². The predicted octanol–water partition coefficient (Wildman–Crippen LogP) is 4.75. The summed E-state index contributed by atoms with van der Waals surface area (Å²) in [5, 5.41) is 3.50. The zero-order valence-electron chi connectivity index (χ0n) is 14.5. The standard InChI is InChI=1S/C19H23ClN2OS/c1-13-9-14(2)19(17(20)10-13)21-18(23)12-22(3)11-15-5-7-16(24-4)8-6-15/h5-10H,11-12H2,1-4H3,(H,21,23). The minimum Gasteiger partial charge on any atom is -0.323 e. The smallest absolute Gasteiger partial charge is 0.238 e. The Hall–Kier alpha value is -1.49. The van der Waals surface area contributed by atoms with E-state index in [1.54, 1.807) is 11.8 Å². The molecule has 0 aromatic heterocycles. The number of hydrogen-bond acceptors (Lipinski definition) is 3. The highest BCUT2D eigenvalue weighted by molar-refractivity contribution is 7.98. The fraction of sp³-hybridized carbons (Fsp3) is 0.316. The first-order valence-corrected chi connectivity index (χ1v) is 9.37. The van der Waals surface area contributed by atoms with Crippen molar-refractivity contribution in [1.29, 1.82) is 0 Å². The summed E-state index contributed by atoms with van der Waals surface area (Å²) < 4.78 is 0. The third-order valence-electron chi connectivity index (χ3n) is 3.72. The Balaban J connectivity index is 1.94. The molecule has 0 bridgehead atoms. The van der Waals surface area contributed by atoms with Crippen LogP contribution in [-0.2, 0) is 11.3 Å². The number of carbonyl (C=O) groups is 1. The van der Waals surface area contributed by atoms with Gasteiger partial charge in [0, 0.05) is 11.4 Å². The van der Waals surface area contributed by atoms with Gasteiger partial charge in [0.2, 0.25) is 5.91 Å². The van der Waals surface area contributed by atoms with E-state index in [-0.39, 0.29) is 5.91 Å². The van der Waals surface area contributed by atoms with Crippen LogP contribution in [0.3, 0.4) is 0 Å². The monoisotopic (exact) mass is 362 g/mol. The lowest BCUT2D eigenvalue weighted by Crippen LogP contribution is -2.30. The molecule has 2 rings (SSSR count). The number of carbonyl (C=O) groups excluding carboxylic acids is 1. The Morgan fingerprint density at radius 2 is 1.88 bits per heavy atom. The summed E-state index contributed by atoms with van der Waals surface area (Å²) in [4.78, 5) is 15.5. The number of aryl methyl sites for hydroxylation is 2. The number of nitrogens with one attached hydrogen (secondary N) is 1. The van der Waals surface area contributed by atoms with Crippen LogP contribution in [0.25, 0.3) is 0 Å². The van der Waals surface area contributed by atoms with Crippen LogP contribution in [0.15, 0.2) is 41.3 Å². The maximum atomic E-state index is 12.3. The normalized spacial score (nSPS) is 10.9. The van der Waals surface area contributed by atoms with Crippen molar-refractivity contribution in [3.63, 3.8) is 0 Å². The topological polar surface area (TPSA) is 32.3 Å². The first-order chi connectivity index (χ1) is 11.4. The van der Waals surface area contributed by atoms with Crippen LogP contribution in [-0.4, -0.2) is 30.7 Å². The predicted molar refractivity (Wildman–Crippen MR) is 104 cm³/mol. The van der Waals surface area contributed by atoms with Crippen molar-refractivity contribution in [3.05, 3.63) is 58.1 Å². The number of likely N-dealkylation sites (N-methyl/N-ethyl adjacent to an activating group) is 1. The molecule has 24 heavy (non-hydrogen) atoms. The van der Waals surface area contributed by atoms with Crippen LogP contribution in [0.2, 0.25) is 5.02 Å². The molecule has 0 heterocycles. The van der Waals surface area contributed by atoms with Crippen molar-refractivity contribution in [2.75, 3.05) is 25.2 Å². The maximum Gasteiger partial charge on any atom is 0.238 e. The van der Waals surface area contributed by atoms with Gasteiger partial charge >= 0.3 is 0 Å². The summed E-state index contributed by atoms with van der Waals surface area (Å²) >= 11 is 7.97. The van der Waals surface area contributed by atoms with E-state index >= 15 is 0 Å². The molecular formula is C19H23ClN2OS. The first kappa shape index (κ1) is 18.8. The number of thioether (sulfide) groups is 1. The van der Waals surface area contributed by atoms with E-state index in [1.807, 2.05) is 37.9 Å². The van der Waals surface area contributed by atoms with E-state index in [4.69, 9.17) is 11.6 Å². The van der Waals surface area contributed by atoms with Crippen molar-refractivity contribution < 1.29 is 4.79 Å². The second-order valence-corrected chi connectivity index (χ2v) is 7.29. The van der Waals surface area contributed by atoms with Gasteiger partial charge in [0.05, 0.1) is 17.3 Å². The van der Waals surface area contributed by atoms with Crippen LogP contribution in [0.4, 0.5) is 5.69 Å². The fourth-order valence-corrected chi connectivity index (χ4v) is 3.37. The highest BCUT2D eigenvalue weighted by Gasteiger charge is 2.12. The van der Waals surface area contributed by atoms with Gasteiger partial charge in [-0.3, -0.25) is 9.69 Å². The SMILES string of the molecule is CSc1ccc(CN(C)CC(=O)Nc2c(C)cc(C)cc2Cl)cc1. The molecule has 1 amide bonds. The van der Waals surface area contributed by atoms with Gasteiger partial charge in [-0.15, -0.1) is 11.8 Å². The molecule has 0 unspecified atom stereocenters. The lowest BCUT2D eigenvalue weighted by Gasteiger charge is -2.18. The molecule has 0 spiro atoms. The van der Waals surface area contributed by atoms with E-state index in [2.05, 4.69) is 35.8 Å². The average molecular weight is 363 g/mol. The highest BCUT2D eigenvalue weighted by Crippen LogP contribution is 2.27. The van der Waals surface area contributed by atoms with Gasteiger partial charge in [-0.1, -0.05) is 29.8 Å². The Labute approximate surface area is 153 Å². The van der Waals surface area contributed by atoms with Gasteiger partial charge in [-0.2, -0.15) is 0 Å². The number of benzene rings is 2. The molecule has 0 saturated carbocycles. The zero-order valence-corrected chi connectivity index (χ0v) is 16.1. The van der Waals surface area contributed by atoms with Crippen molar-refractivity contribution in [2.24, 2.45) is 0 Å². The van der Waals surface area contributed by atoms with Crippen LogP contribution in [0.1, 0.15) is 16.7 Å². The van der Waals surface area contributed by atoms with Crippen LogP contribution >= 0.6 is 23.4 Å². The first-order valence-electron chi connectivity index (χ1n) is 7.77. The van der Waals surface area contributed by atoms with Crippen LogP contribution < -0.4 is 5.32 Å².